The summed E-state index contributed by atoms with van der Waals surface area (Å²) in [6, 6.07) is 19.9. The predicted molar refractivity (Wildman–Crippen MR) is 105 cm³/mol. The molecule has 0 spiro atoms. The summed E-state index contributed by atoms with van der Waals surface area (Å²) in [5.74, 6) is 0.785. The van der Waals surface area contributed by atoms with Crippen LogP contribution in [0.4, 0.5) is 5.69 Å². The first-order valence-corrected chi connectivity index (χ1v) is 8.63. The number of benzene rings is 3. The molecule has 0 aliphatic rings. The van der Waals surface area contributed by atoms with Crippen molar-refractivity contribution in [1.29, 1.82) is 0 Å². The number of hydrogen-bond acceptors (Lipinski definition) is 4. The van der Waals surface area contributed by atoms with Crippen LogP contribution in [0, 0.1) is 0 Å². The van der Waals surface area contributed by atoms with Gasteiger partial charge < -0.3 is 14.5 Å². The van der Waals surface area contributed by atoms with Crippen molar-refractivity contribution in [2.24, 2.45) is 0 Å². The summed E-state index contributed by atoms with van der Waals surface area (Å²) < 4.78 is 10.9. The summed E-state index contributed by atoms with van der Waals surface area (Å²) in [6.45, 7) is 0. The monoisotopic (exact) mass is 378 g/mol. The molecule has 0 bridgehead atoms. The molecule has 0 unspecified atom stereocenters. The summed E-state index contributed by atoms with van der Waals surface area (Å²) in [5.41, 5.74) is 3.27. The van der Waals surface area contributed by atoms with E-state index in [1.165, 1.54) is 7.11 Å². The standard InChI is InChI=1S/C21H15ClN2O3/c1-26-18-9-7-14(11-16(18)22)20(25)23-15-8-10-19-17(12-15)24-21(27-19)13-5-3-2-4-6-13/h2-12H,1H3,(H,23,25). The Hall–Kier alpha value is -3.31. The third-order valence-electron chi connectivity index (χ3n) is 4.08. The highest BCUT2D eigenvalue weighted by molar-refractivity contribution is 6.32. The van der Waals surface area contributed by atoms with Crippen LogP contribution in [-0.2, 0) is 0 Å². The Labute approximate surface area is 160 Å². The lowest BCUT2D eigenvalue weighted by atomic mass is 10.2. The number of aromatic nitrogens is 1. The summed E-state index contributed by atoms with van der Waals surface area (Å²) in [5, 5.41) is 3.22. The van der Waals surface area contributed by atoms with Gasteiger partial charge in [0.2, 0.25) is 5.89 Å². The normalized spacial score (nSPS) is 10.7. The van der Waals surface area contributed by atoms with Crippen LogP contribution in [0.3, 0.4) is 0 Å². The molecular formula is C21H15ClN2O3. The molecule has 0 saturated heterocycles. The van der Waals surface area contributed by atoms with Crippen LogP contribution in [0.1, 0.15) is 10.4 Å². The van der Waals surface area contributed by atoms with Crippen LogP contribution in [0.15, 0.2) is 71.1 Å². The van der Waals surface area contributed by atoms with Gasteiger partial charge in [-0.3, -0.25) is 4.79 Å². The molecule has 0 saturated carbocycles. The second kappa shape index (κ2) is 7.13. The summed E-state index contributed by atoms with van der Waals surface area (Å²) >= 11 is 6.09. The number of methoxy groups -OCH3 is 1. The fourth-order valence-corrected chi connectivity index (χ4v) is 2.98. The Kier molecular flexibility index (Phi) is 4.52. The summed E-state index contributed by atoms with van der Waals surface area (Å²) in [6.07, 6.45) is 0. The van der Waals surface area contributed by atoms with Crippen molar-refractivity contribution in [3.8, 4) is 17.2 Å². The Morgan fingerprint density at radius 2 is 1.89 bits per heavy atom. The van der Waals surface area contributed by atoms with E-state index in [-0.39, 0.29) is 5.91 Å². The molecule has 0 aliphatic heterocycles. The molecule has 5 nitrogen and oxygen atoms in total. The first-order valence-electron chi connectivity index (χ1n) is 8.25. The van der Waals surface area contributed by atoms with E-state index in [4.69, 9.17) is 20.8 Å². The van der Waals surface area contributed by atoms with Gasteiger partial charge in [0.25, 0.3) is 5.91 Å². The number of amides is 1. The Balaban J connectivity index is 1.59. The second-order valence-electron chi connectivity index (χ2n) is 5.87. The fourth-order valence-electron chi connectivity index (χ4n) is 2.72. The Morgan fingerprint density at radius 3 is 2.63 bits per heavy atom. The first-order chi connectivity index (χ1) is 13.1. The van der Waals surface area contributed by atoms with Crippen molar-refractivity contribution in [1.82, 2.24) is 4.98 Å². The van der Waals surface area contributed by atoms with E-state index in [1.54, 1.807) is 36.4 Å². The number of oxazole rings is 1. The lowest BCUT2D eigenvalue weighted by Crippen LogP contribution is -2.11. The van der Waals surface area contributed by atoms with Gasteiger partial charge in [0, 0.05) is 16.8 Å². The highest BCUT2D eigenvalue weighted by Gasteiger charge is 2.12. The highest BCUT2D eigenvalue weighted by Crippen LogP contribution is 2.27. The van der Waals surface area contributed by atoms with Crippen LogP contribution in [-0.4, -0.2) is 18.0 Å². The van der Waals surface area contributed by atoms with Gasteiger partial charge in [-0.15, -0.1) is 0 Å². The van der Waals surface area contributed by atoms with Crippen molar-refractivity contribution >= 4 is 34.3 Å². The van der Waals surface area contributed by atoms with Crippen molar-refractivity contribution in [3.05, 3.63) is 77.3 Å². The lowest BCUT2D eigenvalue weighted by Gasteiger charge is -2.07. The number of nitrogens with zero attached hydrogens (tertiary/aromatic N) is 1. The van der Waals surface area contributed by atoms with E-state index < -0.39 is 0 Å². The lowest BCUT2D eigenvalue weighted by molar-refractivity contribution is 0.102. The van der Waals surface area contributed by atoms with Crippen LogP contribution in [0.25, 0.3) is 22.6 Å². The van der Waals surface area contributed by atoms with Crippen LogP contribution in [0.5, 0.6) is 5.75 Å². The zero-order valence-electron chi connectivity index (χ0n) is 14.4. The third-order valence-corrected chi connectivity index (χ3v) is 4.38. The van der Waals surface area contributed by atoms with E-state index in [0.717, 1.165) is 5.56 Å². The molecule has 4 rings (SSSR count). The van der Waals surface area contributed by atoms with E-state index >= 15 is 0 Å². The number of ether oxygens (including phenoxy) is 1. The molecule has 1 aromatic heterocycles. The number of carbonyl (C=O) groups is 1. The number of fused-ring (bicyclic) bond motifs is 1. The van der Waals surface area contributed by atoms with Gasteiger partial charge in [-0.25, -0.2) is 4.98 Å². The molecule has 1 amide bonds. The summed E-state index contributed by atoms with van der Waals surface area (Å²) in [4.78, 5) is 17.0. The molecule has 1 heterocycles. The zero-order valence-corrected chi connectivity index (χ0v) is 15.2. The smallest absolute Gasteiger partial charge is 0.255 e. The van der Waals surface area contributed by atoms with Gasteiger partial charge in [0.05, 0.1) is 12.1 Å². The van der Waals surface area contributed by atoms with Gasteiger partial charge in [0.1, 0.15) is 11.3 Å². The molecule has 0 aliphatic carbocycles. The molecule has 0 radical (unpaired) electrons. The molecule has 0 fully saturated rings. The Bertz CT molecular complexity index is 1120. The highest BCUT2D eigenvalue weighted by atomic mass is 35.5. The molecule has 3 aromatic carbocycles. The molecule has 1 N–H and O–H groups in total. The van der Waals surface area contributed by atoms with Crippen molar-refractivity contribution in [2.45, 2.75) is 0 Å². The number of rotatable bonds is 4. The fraction of sp³-hybridized carbons (Fsp3) is 0.0476. The third kappa shape index (κ3) is 3.50. The minimum Gasteiger partial charge on any atom is -0.495 e. The maximum absolute atomic E-state index is 12.5. The largest absolute Gasteiger partial charge is 0.495 e. The SMILES string of the molecule is COc1ccc(C(=O)Nc2ccc3oc(-c4ccccc4)nc3c2)cc1Cl. The molecule has 27 heavy (non-hydrogen) atoms. The number of carbonyl (C=O) groups excluding carboxylic acids is 1. The van der Waals surface area contributed by atoms with Gasteiger partial charge >= 0.3 is 0 Å². The molecule has 134 valence electrons. The predicted octanol–water partition coefficient (Wildman–Crippen LogP) is 5.41. The number of nitrogens with one attached hydrogen (secondary N) is 1. The maximum Gasteiger partial charge on any atom is 0.255 e. The van der Waals surface area contributed by atoms with Crippen LogP contribution >= 0.6 is 11.6 Å². The van der Waals surface area contributed by atoms with Crippen molar-refractivity contribution in [2.75, 3.05) is 12.4 Å². The molecule has 0 atom stereocenters. The second-order valence-corrected chi connectivity index (χ2v) is 6.28. The summed E-state index contributed by atoms with van der Waals surface area (Å²) in [7, 11) is 1.53. The van der Waals surface area contributed by atoms with Crippen molar-refractivity contribution in [3.63, 3.8) is 0 Å². The Morgan fingerprint density at radius 1 is 1.07 bits per heavy atom. The van der Waals surface area contributed by atoms with Crippen LogP contribution in [0.2, 0.25) is 5.02 Å². The van der Waals surface area contributed by atoms with Crippen LogP contribution < -0.4 is 10.1 Å². The van der Waals surface area contributed by atoms with E-state index in [2.05, 4.69) is 10.3 Å². The van der Waals surface area contributed by atoms with E-state index in [1.807, 2.05) is 30.3 Å². The van der Waals surface area contributed by atoms with E-state index in [9.17, 15) is 4.79 Å². The number of hydrogen-bond donors (Lipinski definition) is 1. The van der Waals surface area contributed by atoms with Crippen molar-refractivity contribution < 1.29 is 13.9 Å². The zero-order chi connectivity index (χ0) is 18.8. The van der Waals surface area contributed by atoms with Gasteiger partial charge in [-0.1, -0.05) is 29.8 Å². The molecular weight excluding hydrogens is 364 g/mol. The number of anilines is 1. The quantitative estimate of drug-likeness (QED) is 0.515. The van der Waals surface area contributed by atoms with E-state index in [0.29, 0.717) is 39.0 Å². The van der Waals surface area contributed by atoms with Gasteiger partial charge in [-0.2, -0.15) is 0 Å². The first kappa shape index (κ1) is 17.1. The minimum absolute atomic E-state index is 0.273. The van der Waals surface area contributed by atoms with Gasteiger partial charge in [0.15, 0.2) is 5.58 Å². The average Bonchev–Trinajstić information content (AvgIpc) is 3.12. The number of halogens is 1. The van der Waals surface area contributed by atoms with Gasteiger partial charge in [-0.05, 0) is 48.5 Å². The topological polar surface area (TPSA) is 64.4 Å². The molecule has 4 aromatic rings. The maximum atomic E-state index is 12.5. The minimum atomic E-state index is -0.273. The average molecular weight is 379 g/mol. The molecule has 6 heteroatoms.